The van der Waals surface area contributed by atoms with Crippen LogP contribution in [0.5, 0.6) is 0 Å². The average Bonchev–Trinajstić information content (AvgIpc) is 3.01. The van der Waals surface area contributed by atoms with Crippen molar-refractivity contribution in [2.75, 3.05) is 47.5 Å². The Bertz CT molecular complexity index is 830. The van der Waals surface area contributed by atoms with E-state index >= 15 is 0 Å². The number of hydrogen-bond donors (Lipinski definition) is 0. The van der Waals surface area contributed by atoms with Gasteiger partial charge in [-0.25, -0.2) is 0 Å². The van der Waals surface area contributed by atoms with Gasteiger partial charge in [0.25, 0.3) is 7.82 Å². The van der Waals surface area contributed by atoms with Crippen molar-refractivity contribution in [1.82, 2.24) is 0 Å². The number of hydrogen-bond acceptors (Lipinski definition) is 8. The van der Waals surface area contributed by atoms with Crippen LogP contribution in [0.1, 0.15) is 162 Å². The fourth-order valence-electron chi connectivity index (χ4n) is 5.00. The first-order valence-corrected chi connectivity index (χ1v) is 20.4. The monoisotopic (exact) mass is 689 g/mol. The van der Waals surface area contributed by atoms with Crippen LogP contribution in [0.2, 0.25) is 0 Å². The third kappa shape index (κ3) is 34.4. The molecule has 0 fully saturated rings. The number of rotatable bonds is 34. The molecule has 0 radical (unpaired) electrons. The quantitative estimate of drug-likeness (QED) is 0.0216. The molecule has 0 saturated heterocycles. The van der Waals surface area contributed by atoms with Crippen LogP contribution in [0.25, 0.3) is 0 Å². The number of allylic oxidation sites excluding steroid dienone is 2. The van der Waals surface area contributed by atoms with Crippen LogP contribution in [0.4, 0.5) is 0 Å². The van der Waals surface area contributed by atoms with Gasteiger partial charge in [0.1, 0.15) is 19.8 Å². The molecule has 9 nitrogen and oxygen atoms in total. The number of esters is 2. The Morgan fingerprint density at radius 2 is 1.09 bits per heavy atom. The first kappa shape index (κ1) is 45.8. The van der Waals surface area contributed by atoms with Crippen LogP contribution < -0.4 is 4.89 Å². The molecule has 278 valence electrons. The maximum Gasteiger partial charge on any atom is 0.306 e. The minimum atomic E-state index is -4.61. The van der Waals surface area contributed by atoms with Gasteiger partial charge < -0.3 is 27.9 Å². The predicted molar refractivity (Wildman–Crippen MR) is 190 cm³/mol. The summed E-state index contributed by atoms with van der Waals surface area (Å²) in [6.45, 7) is 4.15. The number of carbonyl (C=O) groups is 2. The molecular weight excluding hydrogens is 617 g/mol. The van der Waals surface area contributed by atoms with E-state index in [4.69, 9.17) is 18.5 Å². The van der Waals surface area contributed by atoms with Gasteiger partial charge in [-0.05, 0) is 38.5 Å². The number of carbonyl (C=O) groups excluding carboxylic acids is 2. The number of phosphoric ester groups is 1. The van der Waals surface area contributed by atoms with Crippen LogP contribution in [-0.2, 0) is 32.7 Å². The molecule has 0 amide bonds. The lowest BCUT2D eigenvalue weighted by Gasteiger charge is -2.28. The second-order valence-electron chi connectivity index (χ2n) is 13.9. The van der Waals surface area contributed by atoms with Crippen molar-refractivity contribution >= 4 is 19.8 Å². The number of quaternary nitrogens is 1. The highest BCUT2D eigenvalue weighted by molar-refractivity contribution is 7.45. The molecule has 0 spiro atoms. The lowest BCUT2D eigenvalue weighted by Crippen LogP contribution is -2.37. The van der Waals surface area contributed by atoms with Crippen molar-refractivity contribution < 1.29 is 42.1 Å². The summed E-state index contributed by atoms with van der Waals surface area (Å²) < 4.78 is 33.6. The molecule has 10 heteroatoms. The molecule has 2 unspecified atom stereocenters. The van der Waals surface area contributed by atoms with Crippen LogP contribution in [0.3, 0.4) is 0 Å². The molecule has 0 saturated carbocycles. The maximum absolute atomic E-state index is 12.6. The predicted octanol–water partition coefficient (Wildman–Crippen LogP) is 9.22. The lowest BCUT2D eigenvalue weighted by atomic mass is 10.1. The normalized spacial score (nSPS) is 13.9. The summed E-state index contributed by atoms with van der Waals surface area (Å²) in [5.41, 5.74) is 0. The fraction of sp³-hybridized carbons (Fsp3) is 0.892. The number of likely N-dealkylation sites (N-methyl/N-ethyl adjacent to an activating group) is 1. The molecule has 0 rings (SSSR count). The van der Waals surface area contributed by atoms with E-state index in [0.717, 1.165) is 51.4 Å². The minimum absolute atomic E-state index is 0.0301. The molecule has 0 aliphatic rings. The molecule has 0 aliphatic carbocycles. The van der Waals surface area contributed by atoms with Gasteiger partial charge in [0, 0.05) is 12.8 Å². The van der Waals surface area contributed by atoms with Crippen molar-refractivity contribution in [3.63, 3.8) is 0 Å². The Hall–Kier alpha value is -1.25. The van der Waals surface area contributed by atoms with Crippen LogP contribution >= 0.6 is 7.82 Å². The fourth-order valence-corrected chi connectivity index (χ4v) is 5.73. The zero-order chi connectivity index (χ0) is 35.1. The molecule has 0 aromatic heterocycles. The van der Waals surface area contributed by atoms with Gasteiger partial charge in [-0.3, -0.25) is 14.2 Å². The maximum atomic E-state index is 12.6. The molecule has 0 aromatic carbocycles. The van der Waals surface area contributed by atoms with Crippen molar-refractivity contribution in [3.05, 3.63) is 12.2 Å². The second-order valence-corrected chi connectivity index (χ2v) is 15.4. The first-order valence-electron chi connectivity index (χ1n) is 18.9. The Morgan fingerprint density at radius 3 is 1.57 bits per heavy atom. The summed E-state index contributed by atoms with van der Waals surface area (Å²) in [6.07, 6.45) is 28.3. The van der Waals surface area contributed by atoms with Gasteiger partial charge in [-0.2, -0.15) is 0 Å². The summed E-state index contributed by atoms with van der Waals surface area (Å²) in [7, 11) is 1.16. The lowest BCUT2D eigenvalue weighted by molar-refractivity contribution is -0.870. The number of unbranched alkanes of at least 4 members (excludes halogenated alkanes) is 18. The average molecular weight is 690 g/mol. The van der Waals surface area contributed by atoms with E-state index in [2.05, 4.69) is 26.0 Å². The van der Waals surface area contributed by atoms with Crippen molar-refractivity contribution in [2.45, 2.75) is 168 Å². The van der Waals surface area contributed by atoms with Gasteiger partial charge in [0.2, 0.25) is 0 Å². The molecule has 0 aliphatic heterocycles. The molecule has 0 heterocycles. The standard InChI is InChI=1S/C37H72NO8P/c1-6-8-10-12-14-15-16-17-18-19-20-21-22-24-26-28-30-37(40)46-35(34-45-47(41,42)44-32-31-38(3,4)5)33-43-36(39)29-27-25-23-13-11-9-7-2/h18-19,35H,6-17,20-34H2,1-5H3/b19-18-. The topological polar surface area (TPSA) is 111 Å². The number of ether oxygens (including phenoxy) is 2. The van der Waals surface area contributed by atoms with E-state index in [1.54, 1.807) is 0 Å². The molecular formula is C37H72NO8P. The van der Waals surface area contributed by atoms with Gasteiger partial charge in [0.15, 0.2) is 6.10 Å². The van der Waals surface area contributed by atoms with Crippen LogP contribution in [0, 0.1) is 0 Å². The summed E-state index contributed by atoms with van der Waals surface area (Å²) in [6, 6.07) is 0. The largest absolute Gasteiger partial charge is 0.756 e. The molecule has 0 aromatic rings. The highest BCUT2D eigenvalue weighted by Gasteiger charge is 2.21. The van der Waals surface area contributed by atoms with E-state index in [1.165, 1.54) is 77.0 Å². The van der Waals surface area contributed by atoms with Crippen molar-refractivity contribution in [3.8, 4) is 0 Å². The summed E-state index contributed by atoms with van der Waals surface area (Å²) >= 11 is 0. The van der Waals surface area contributed by atoms with E-state index in [-0.39, 0.29) is 26.1 Å². The highest BCUT2D eigenvalue weighted by atomic mass is 31.2. The van der Waals surface area contributed by atoms with Gasteiger partial charge in [-0.15, -0.1) is 0 Å². The van der Waals surface area contributed by atoms with Gasteiger partial charge in [-0.1, -0.05) is 122 Å². The SMILES string of the molecule is CCCCCCCCC/C=C\CCCCCCCC(=O)OC(COC(=O)CCCCCCCCC)COP(=O)([O-])OCC[N+](C)(C)C. The smallest absolute Gasteiger partial charge is 0.306 e. The van der Waals surface area contributed by atoms with E-state index in [1.807, 2.05) is 21.1 Å². The Morgan fingerprint density at radius 1 is 0.638 bits per heavy atom. The number of phosphoric acid groups is 1. The summed E-state index contributed by atoms with van der Waals surface area (Å²) in [5.74, 6) is -0.849. The van der Waals surface area contributed by atoms with E-state index < -0.39 is 32.5 Å². The van der Waals surface area contributed by atoms with E-state index in [0.29, 0.717) is 17.4 Å². The second kappa shape index (κ2) is 30.8. The minimum Gasteiger partial charge on any atom is -0.756 e. The van der Waals surface area contributed by atoms with Crippen LogP contribution in [0.15, 0.2) is 12.2 Å². The number of nitrogens with zero attached hydrogens (tertiary/aromatic N) is 1. The molecule has 0 bridgehead atoms. The molecule has 2 atom stereocenters. The Balaban J connectivity index is 4.38. The van der Waals surface area contributed by atoms with Crippen molar-refractivity contribution in [1.29, 1.82) is 0 Å². The Kier molecular flexibility index (Phi) is 30.0. The molecule has 47 heavy (non-hydrogen) atoms. The zero-order valence-corrected chi connectivity index (χ0v) is 31.9. The zero-order valence-electron chi connectivity index (χ0n) is 31.0. The van der Waals surface area contributed by atoms with Gasteiger partial charge >= 0.3 is 11.9 Å². The summed E-state index contributed by atoms with van der Waals surface area (Å²) in [5, 5.41) is 0. The first-order chi connectivity index (χ1) is 22.5. The Labute approximate surface area is 288 Å². The highest BCUT2D eigenvalue weighted by Crippen LogP contribution is 2.38. The third-order valence-electron chi connectivity index (χ3n) is 8.04. The van der Waals surface area contributed by atoms with E-state index in [9.17, 15) is 19.0 Å². The third-order valence-corrected chi connectivity index (χ3v) is 9.00. The van der Waals surface area contributed by atoms with Gasteiger partial charge in [0.05, 0.1) is 27.7 Å². The van der Waals surface area contributed by atoms with Crippen molar-refractivity contribution in [2.24, 2.45) is 0 Å². The molecule has 0 N–H and O–H groups in total. The van der Waals surface area contributed by atoms with Crippen LogP contribution in [-0.4, -0.2) is 70.0 Å². The summed E-state index contributed by atoms with van der Waals surface area (Å²) in [4.78, 5) is 37.1.